The van der Waals surface area contributed by atoms with Crippen LogP contribution in [-0.2, 0) is 27.2 Å². The van der Waals surface area contributed by atoms with E-state index < -0.39 is 36.3 Å². The number of fused-ring (bicyclic) bond motifs is 9. The zero-order valence-electron chi connectivity index (χ0n) is 38.4. The molecule has 1 aromatic heterocycles. The molecule has 0 radical (unpaired) electrons. The van der Waals surface area contributed by atoms with E-state index >= 15 is 4.79 Å². The number of aliphatic hydroxyl groups is 4. The van der Waals surface area contributed by atoms with Crippen LogP contribution >= 0.6 is 0 Å². The number of hydrogen-bond donors (Lipinski definition) is 8. The number of methoxy groups -OCH3 is 1. The number of nitrogens with one attached hydrogen (secondary N) is 2. The number of phenolic OH excluding ortho intramolecular Hbond substituents is 2. The molecule has 4 aromatic rings. The van der Waals surface area contributed by atoms with Crippen molar-refractivity contribution < 1.29 is 54.4 Å². The molecule has 9 rings (SSSR count). The first kappa shape index (κ1) is 46.7. The molecule has 3 aromatic carbocycles. The summed E-state index contributed by atoms with van der Waals surface area (Å²) >= 11 is 0. The second-order valence-corrected chi connectivity index (χ2v) is 19.9. The first-order valence-electron chi connectivity index (χ1n) is 24.1. The predicted octanol–water partition coefficient (Wildman–Crippen LogP) is 6.22. The summed E-state index contributed by atoms with van der Waals surface area (Å²) in [5.74, 6) is 5.45. The van der Waals surface area contributed by atoms with Crippen LogP contribution in [0.15, 0.2) is 60.7 Å². The molecule has 67 heavy (non-hydrogen) atoms. The molecule has 11 atom stereocenters. The number of H-pyrrole nitrogens is 1. The average Bonchev–Trinajstić information content (AvgIpc) is 3.86. The molecule has 3 saturated carbocycles. The molecule has 1 aliphatic heterocycles. The maximum Gasteiger partial charge on any atom is 0.318 e. The minimum Gasteiger partial charge on any atom is -0.504 e. The number of cyclic esters (lactones) is 1. The zero-order chi connectivity index (χ0) is 47.0. The third-order valence-corrected chi connectivity index (χ3v) is 15.6. The highest BCUT2D eigenvalue weighted by atomic mass is 16.6. The Hall–Kier alpha value is -5.36. The monoisotopic (exact) mass is 916 g/mol. The first-order valence-corrected chi connectivity index (χ1v) is 24.1. The van der Waals surface area contributed by atoms with Gasteiger partial charge in [0.05, 0.1) is 37.7 Å². The van der Waals surface area contributed by atoms with Gasteiger partial charge in [-0.25, -0.2) is 0 Å². The Morgan fingerprint density at radius 3 is 2.60 bits per heavy atom. The van der Waals surface area contributed by atoms with Gasteiger partial charge < -0.3 is 55.2 Å². The Morgan fingerprint density at radius 1 is 0.970 bits per heavy atom. The third kappa shape index (κ3) is 9.57. The molecule has 3 fully saturated rings. The molecule has 4 aliphatic carbocycles. The van der Waals surface area contributed by atoms with Crippen LogP contribution < -0.4 is 14.8 Å². The van der Waals surface area contributed by atoms with E-state index in [9.17, 15) is 35.4 Å². The lowest BCUT2D eigenvalue weighted by Crippen LogP contribution is -2.51. The van der Waals surface area contributed by atoms with E-state index in [1.807, 2.05) is 24.3 Å². The molecule has 13 nitrogen and oxygen atoms in total. The summed E-state index contributed by atoms with van der Waals surface area (Å²) in [4.78, 5) is 32.4. The molecule has 0 amide bonds. The van der Waals surface area contributed by atoms with Gasteiger partial charge in [0.15, 0.2) is 23.0 Å². The van der Waals surface area contributed by atoms with Crippen LogP contribution in [0.3, 0.4) is 0 Å². The fourth-order valence-electron chi connectivity index (χ4n) is 12.9. The summed E-state index contributed by atoms with van der Waals surface area (Å²) in [5, 5.41) is 69.5. The SMILES string of the molecule is COc1cc2c(cc1O)C1=C[C@H]3C[C@]4(CC[C@H](NC[C@H](C)O)C4)[C@@H]4C[C@@H](O)CC[C@@H]4[C@@H]3[C@@H]2CC(=O)C[C@@H]([C@H](O)Cc2ccc(O)c(OCCO)c2)OC(=O)CC#CCc2c1[nH]c1ccccc21. The number of benzene rings is 3. The van der Waals surface area contributed by atoms with E-state index in [0.717, 1.165) is 71.0 Å². The number of phenols is 2. The van der Waals surface area contributed by atoms with Gasteiger partial charge in [0, 0.05) is 54.7 Å². The third-order valence-electron chi connectivity index (χ3n) is 15.6. The largest absolute Gasteiger partial charge is 0.504 e. The Morgan fingerprint density at radius 2 is 1.79 bits per heavy atom. The van der Waals surface area contributed by atoms with Crippen molar-refractivity contribution in [3.8, 4) is 34.8 Å². The van der Waals surface area contributed by atoms with Crippen molar-refractivity contribution in [3.05, 3.63) is 88.6 Å². The van der Waals surface area contributed by atoms with Gasteiger partial charge in [-0.1, -0.05) is 42.2 Å². The van der Waals surface area contributed by atoms with Gasteiger partial charge in [-0.2, -0.15) is 0 Å². The number of aliphatic hydroxyl groups excluding tert-OH is 4. The Bertz CT molecular complexity index is 2570. The number of esters is 1. The van der Waals surface area contributed by atoms with E-state index in [-0.39, 0.29) is 103 Å². The predicted molar refractivity (Wildman–Crippen MR) is 252 cm³/mol. The Kier molecular flexibility index (Phi) is 13.7. The fraction of sp³-hybridized carbons (Fsp3) is 0.519. The molecular weight excluding hydrogens is 853 g/mol. The van der Waals surface area contributed by atoms with Gasteiger partial charge in [0.1, 0.15) is 24.9 Å². The molecule has 2 bridgehead atoms. The summed E-state index contributed by atoms with van der Waals surface area (Å²) in [6.07, 6.45) is 4.50. The van der Waals surface area contributed by atoms with Crippen molar-refractivity contribution in [2.24, 2.45) is 29.1 Å². The number of hydrogen-bond acceptors (Lipinski definition) is 12. The second kappa shape index (κ2) is 19.7. The van der Waals surface area contributed by atoms with Crippen molar-refractivity contribution in [3.63, 3.8) is 0 Å². The Balaban J connectivity index is 1.19. The summed E-state index contributed by atoms with van der Waals surface area (Å²) in [6.45, 7) is 1.99. The van der Waals surface area contributed by atoms with Gasteiger partial charge in [0.2, 0.25) is 0 Å². The van der Waals surface area contributed by atoms with E-state index in [1.165, 1.54) is 13.2 Å². The van der Waals surface area contributed by atoms with E-state index in [4.69, 9.17) is 14.2 Å². The topological polar surface area (TPSA) is 211 Å². The molecule has 8 N–H and O–H groups in total. The number of carbonyl (C=O) groups excluding carboxylic acids is 2. The number of Topliss-reactive ketones (excluding diaryl/α,β-unsaturated/α-hetero) is 1. The lowest BCUT2D eigenvalue weighted by molar-refractivity contribution is -0.155. The summed E-state index contributed by atoms with van der Waals surface area (Å²) in [6, 6.07) is 16.5. The summed E-state index contributed by atoms with van der Waals surface area (Å²) < 4.78 is 17.3. The average molecular weight is 917 g/mol. The van der Waals surface area contributed by atoms with Gasteiger partial charge in [-0.05, 0) is 139 Å². The number of carbonyl (C=O) groups is 2. The number of para-hydroxylation sites is 1. The lowest BCUT2D eigenvalue weighted by atomic mass is 9.48. The van der Waals surface area contributed by atoms with E-state index in [0.29, 0.717) is 31.4 Å². The Labute approximate surface area is 391 Å². The summed E-state index contributed by atoms with van der Waals surface area (Å²) in [7, 11) is 1.52. The second-order valence-electron chi connectivity index (χ2n) is 19.9. The molecule has 13 heteroatoms. The number of aromatic amines is 1. The lowest BCUT2D eigenvalue weighted by Gasteiger charge is -2.57. The number of aromatic nitrogens is 1. The number of aromatic hydroxyl groups is 2. The number of ketones is 1. The van der Waals surface area contributed by atoms with Crippen LogP contribution in [0.2, 0.25) is 0 Å². The minimum absolute atomic E-state index is 0.0267. The molecule has 5 aliphatic rings. The van der Waals surface area contributed by atoms with Crippen LogP contribution in [0, 0.1) is 40.9 Å². The van der Waals surface area contributed by atoms with Gasteiger partial charge in [0.25, 0.3) is 0 Å². The molecule has 356 valence electrons. The van der Waals surface area contributed by atoms with E-state index in [2.05, 4.69) is 34.3 Å². The van der Waals surface area contributed by atoms with Gasteiger partial charge in [-0.15, -0.1) is 0 Å². The number of allylic oxidation sites excluding steroid dienone is 1. The molecule has 2 heterocycles. The number of rotatable bonds is 10. The number of ether oxygens (including phenoxy) is 3. The quantitative estimate of drug-likeness (QED) is 0.0658. The summed E-state index contributed by atoms with van der Waals surface area (Å²) in [5.41, 5.74) is 5.74. The van der Waals surface area contributed by atoms with Crippen LogP contribution in [0.1, 0.15) is 105 Å². The van der Waals surface area contributed by atoms with Crippen molar-refractivity contribution in [2.45, 2.75) is 120 Å². The molecule has 0 saturated heterocycles. The van der Waals surface area contributed by atoms with Crippen molar-refractivity contribution in [1.82, 2.24) is 10.3 Å². The van der Waals surface area contributed by atoms with Crippen molar-refractivity contribution >= 4 is 28.2 Å². The standard InChI is InChI=1S/C54H64N2O11/c1-30(58)29-55-33-15-16-54(28-33)27-32-21-42-39-25-47(63)48(65-2)26-40(39)41(52(32)38-13-12-34(59)23-43(38)54)22-35(60)24-50(46(62)19-31-11-14-45(61)49(20-31)66-18-17-57)67-51(64)10-6-4-8-37-36-7-3-5-9-44(36)56-53(37)42/h3,5,7,9,11,14,20-21,25-26,30,32-34,38,41,43,46,50,52,55-59,61-63H,8,10,12-13,15-19,22-24,27-29H2,1-2H3/t30-,32-,33-,34-,38-,41+,43+,46+,50-,52+,54-/m0/s1. The van der Waals surface area contributed by atoms with Gasteiger partial charge >= 0.3 is 5.97 Å². The maximum atomic E-state index is 15.0. The van der Waals surface area contributed by atoms with Gasteiger partial charge in [-0.3, -0.25) is 9.59 Å². The minimum atomic E-state index is -1.32. The highest BCUT2D eigenvalue weighted by molar-refractivity contribution is 5.94. The molecular formula is C54H64N2O11. The molecule has 0 unspecified atom stereocenters. The highest BCUT2D eigenvalue weighted by Crippen LogP contribution is 2.66. The zero-order valence-corrected chi connectivity index (χ0v) is 38.4. The van der Waals surface area contributed by atoms with Crippen LogP contribution in [0.5, 0.6) is 23.0 Å². The van der Waals surface area contributed by atoms with Crippen LogP contribution in [0.4, 0.5) is 0 Å². The van der Waals surface area contributed by atoms with Crippen LogP contribution in [-0.4, -0.2) is 105 Å². The normalized spacial score (nSPS) is 29.3. The van der Waals surface area contributed by atoms with Crippen molar-refractivity contribution in [2.75, 3.05) is 26.9 Å². The fourth-order valence-corrected chi connectivity index (χ4v) is 12.9. The highest BCUT2D eigenvalue weighted by Gasteiger charge is 2.58. The van der Waals surface area contributed by atoms with Crippen LogP contribution in [0.25, 0.3) is 16.5 Å². The van der Waals surface area contributed by atoms with Crippen molar-refractivity contribution in [1.29, 1.82) is 0 Å². The smallest absolute Gasteiger partial charge is 0.318 e. The first-order chi connectivity index (χ1) is 32.3. The molecule has 1 spiro atoms. The maximum absolute atomic E-state index is 15.0. The van der Waals surface area contributed by atoms with E-state index in [1.54, 1.807) is 25.1 Å².